The number of nitrogens with one attached hydrogen (secondary N) is 2. The van der Waals surface area contributed by atoms with Gasteiger partial charge < -0.3 is 5.32 Å². The summed E-state index contributed by atoms with van der Waals surface area (Å²) >= 11 is 1.66. The smallest absolute Gasteiger partial charge is 0.237 e. The van der Waals surface area contributed by atoms with Crippen LogP contribution < -0.4 is 10.6 Å². The van der Waals surface area contributed by atoms with Gasteiger partial charge in [-0.05, 0) is 39.8 Å². The molecule has 1 unspecified atom stereocenters. The van der Waals surface area contributed by atoms with E-state index in [1.165, 1.54) is 4.70 Å². The normalized spacial score (nSPS) is 13.4. The molecule has 1 amide bonds. The molecule has 5 heteroatoms. The highest BCUT2D eigenvalue weighted by Gasteiger charge is 2.19. The Morgan fingerprint density at radius 2 is 2.05 bits per heavy atom. The molecule has 0 radical (unpaired) electrons. The van der Waals surface area contributed by atoms with Gasteiger partial charge in [0.1, 0.15) is 5.01 Å². The van der Waals surface area contributed by atoms with Crippen LogP contribution in [0.25, 0.3) is 10.2 Å². The predicted octanol–water partition coefficient (Wildman–Crippen LogP) is 2.69. The monoisotopic (exact) mass is 291 g/mol. The fourth-order valence-corrected chi connectivity index (χ4v) is 2.72. The SMILES string of the molecule is CC(NCc1nc2ccccc2s1)C(=O)NC(C)(C)C. The molecule has 1 heterocycles. The maximum absolute atomic E-state index is 12.0. The molecule has 2 N–H and O–H groups in total. The first-order valence-electron chi connectivity index (χ1n) is 6.75. The van der Waals surface area contributed by atoms with Gasteiger partial charge in [0, 0.05) is 12.1 Å². The topological polar surface area (TPSA) is 54.0 Å². The van der Waals surface area contributed by atoms with Crippen LogP contribution in [0.5, 0.6) is 0 Å². The van der Waals surface area contributed by atoms with E-state index in [4.69, 9.17) is 0 Å². The summed E-state index contributed by atoms with van der Waals surface area (Å²) in [6.07, 6.45) is 0. The van der Waals surface area contributed by atoms with Gasteiger partial charge in [0.05, 0.1) is 16.3 Å². The van der Waals surface area contributed by atoms with Crippen LogP contribution in [-0.4, -0.2) is 22.5 Å². The Balaban J connectivity index is 1.93. The fraction of sp³-hybridized carbons (Fsp3) is 0.467. The molecule has 2 rings (SSSR count). The molecule has 1 atom stereocenters. The summed E-state index contributed by atoms with van der Waals surface area (Å²) in [6.45, 7) is 8.41. The Morgan fingerprint density at radius 1 is 1.35 bits per heavy atom. The molecule has 0 spiro atoms. The number of aromatic nitrogens is 1. The van der Waals surface area contributed by atoms with Crippen LogP contribution >= 0.6 is 11.3 Å². The number of para-hydroxylation sites is 1. The van der Waals surface area contributed by atoms with E-state index in [1.807, 2.05) is 45.9 Å². The standard InChI is InChI=1S/C15H21N3OS/c1-10(14(19)18-15(2,3)4)16-9-13-17-11-7-5-6-8-12(11)20-13/h5-8,10,16H,9H2,1-4H3,(H,18,19). The zero-order valence-electron chi connectivity index (χ0n) is 12.4. The van der Waals surface area contributed by atoms with Crippen molar-refractivity contribution in [3.05, 3.63) is 29.3 Å². The molecule has 2 aromatic rings. The van der Waals surface area contributed by atoms with Crippen LogP contribution in [0, 0.1) is 0 Å². The molecule has 1 aromatic heterocycles. The zero-order valence-corrected chi connectivity index (χ0v) is 13.2. The van der Waals surface area contributed by atoms with Crippen LogP contribution in [0.1, 0.15) is 32.7 Å². The second kappa shape index (κ2) is 5.89. The molecule has 20 heavy (non-hydrogen) atoms. The molecule has 0 saturated heterocycles. The molecule has 0 aliphatic heterocycles. The quantitative estimate of drug-likeness (QED) is 0.910. The van der Waals surface area contributed by atoms with E-state index in [0.29, 0.717) is 6.54 Å². The Labute approximate surface area is 123 Å². The molecule has 0 aliphatic carbocycles. The number of carbonyl (C=O) groups is 1. The van der Waals surface area contributed by atoms with Crippen molar-refractivity contribution in [2.45, 2.75) is 45.8 Å². The third-order valence-corrected chi connectivity index (χ3v) is 3.83. The lowest BCUT2D eigenvalue weighted by Crippen LogP contribution is -2.49. The number of hydrogen-bond acceptors (Lipinski definition) is 4. The van der Waals surface area contributed by atoms with Crippen LogP contribution in [0.3, 0.4) is 0 Å². The fourth-order valence-electron chi connectivity index (χ4n) is 1.81. The minimum atomic E-state index is -0.235. The van der Waals surface area contributed by atoms with E-state index < -0.39 is 0 Å². The molecular weight excluding hydrogens is 270 g/mol. The van der Waals surface area contributed by atoms with Gasteiger partial charge in [-0.1, -0.05) is 12.1 Å². The summed E-state index contributed by atoms with van der Waals surface area (Å²) < 4.78 is 1.18. The van der Waals surface area contributed by atoms with E-state index in [2.05, 4.69) is 21.7 Å². The minimum Gasteiger partial charge on any atom is -0.350 e. The van der Waals surface area contributed by atoms with Gasteiger partial charge in [-0.3, -0.25) is 10.1 Å². The molecule has 1 aromatic carbocycles. The highest BCUT2D eigenvalue weighted by molar-refractivity contribution is 7.18. The molecule has 0 fully saturated rings. The Morgan fingerprint density at radius 3 is 2.70 bits per heavy atom. The van der Waals surface area contributed by atoms with Gasteiger partial charge in [0.2, 0.25) is 5.91 Å². The van der Waals surface area contributed by atoms with Crippen LogP contribution in [0.2, 0.25) is 0 Å². The van der Waals surface area contributed by atoms with Gasteiger partial charge in [0.15, 0.2) is 0 Å². The highest BCUT2D eigenvalue weighted by Crippen LogP contribution is 2.21. The van der Waals surface area contributed by atoms with E-state index in [-0.39, 0.29) is 17.5 Å². The Kier molecular flexibility index (Phi) is 4.40. The van der Waals surface area contributed by atoms with E-state index in [1.54, 1.807) is 11.3 Å². The van der Waals surface area contributed by atoms with Gasteiger partial charge in [0.25, 0.3) is 0 Å². The number of carbonyl (C=O) groups excluding carboxylic acids is 1. The molecule has 0 aliphatic rings. The minimum absolute atomic E-state index is 0.0126. The average Bonchev–Trinajstić information content (AvgIpc) is 2.76. The Bertz CT molecular complexity index is 567. The van der Waals surface area contributed by atoms with E-state index >= 15 is 0 Å². The molecule has 0 bridgehead atoms. The highest BCUT2D eigenvalue weighted by atomic mass is 32.1. The van der Waals surface area contributed by atoms with Gasteiger partial charge >= 0.3 is 0 Å². The van der Waals surface area contributed by atoms with Crippen LogP contribution in [-0.2, 0) is 11.3 Å². The Hall–Kier alpha value is -1.46. The number of benzene rings is 1. The lowest BCUT2D eigenvalue weighted by Gasteiger charge is -2.23. The first-order valence-corrected chi connectivity index (χ1v) is 7.57. The number of fused-ring (bicyclic) bond motifs is 1. The lowest BCUT2D eigenvalue weighted by molar-refractivity contribution is -0.124. The summed E-state index contributed by atoms with van der Waals surface area (Å²) in [5, 5.41) is 7.18. The second-order valence-electron chi connectivity index (χ2n) is 5.92. The lowest BCUT2D eigenvalue weighted by atomic mass is 10.1. The largest absolute Gasteiger partial charge is 0.350 e. The third kappa shape index (κ3) is 4.02. The summed E-state index contributed by atoms with van der Waals surface area (Å²) in [5.41, 5.74) is 0.809. The summed E-state index contributed by atoms with van der Waals surface area (Å²) in [5.74, 6) is 0.0126. The van der Waals surface area contributed by atoms with Crippen molar-refractivity contribution >= 4 is 27.5 Å². The molecule has 4 nitrogen and oxygen atoms in total. The molecule has 108 valence electrons. The van der Waals surface area contributed by atoms with Crippen molar-refractivity contribution in [3.63, 3.8) is 0 Å². The number of hydrogen-bond donors (Lipinski definition) is 2. The van der Waals surface area contributed by atoms with Crippen molar-refractivity contribution < 1.29 is 4.79 Å². The second-order valence-corrected chi connectivity index (χ2v) is 7.03. The van der Waals surface area contributed by atoms with Crippen LogP contribution in [0.15, 0.2) is 24.3 Å². The van der Waals surface area contributed by atoms with Crippen molar-refractivity contribution in [1.82, 2.24) is 15.6 Å². The van der Waals surface area contributed by atoms with Crippen molar-refractivity contribution in [3.8, 4) is 0 Å². The van der Waals surface area contributed by atoms with E-state index in [9.17, 15) is 4.79 Å². The molecule has 0 saturated carbocycles. The first-order chi connectivity index (χ1) is 9.35. The number of nitrogens with zero attached hydrogens (tertiary/aromatic N) is 1. The van der Waals surface area contributed by atoms with Crippen molar-refractivity contribution in [2.75, 3.05) is 0 Å². The number of amides is 1. The average molecular weight is 291 g/mol. The van der Waals surface area contributed by atoms with E-state index in [0.717, 1.165) is 10.5 Å². The van der Waals surface area contributed by atoms with Gasteiger partial charge in [-0.2, -0.15) is 0 Å². The number of rotatable bonds is 4. The zero-order chi connectivity index (χ0) is 14.8. The van der Waals surface area contributed by atoms with Crippen molar-refractivity contribution in [1.29, 1.82) is 0 Å². The maximum Gasteiger partial charge on any atom is 0.237 e. The van der Waals surface area contributed by atoms with Crippen LogP contribution in [0.4, 0.5) is 0 Å². The third-order valence-electron chi connectivity index (χ3n) is 2.79. The van der Waals surface area contributed by atoms with Gasteiger partial charge in [-0.25, -0.2) is 4.98 Å². The number of thiazole rings is 1. The first kappa shape index (κ1) is 14.9. The molecular formula is C15H21N3OS. The van der Waals surface area contributed by atoms with Crippen molar-refractivity contribution in [2.24, 2.45) is 0 Å². The summed E-state index contributed by atoms with van der Waals surface area (Å²) in [7, 11) is 0. The predicted molar refractivity (Wildman–Crippen MR) is 83.8 cm³/mol. The van der Waals surface area contributed by atoms with Gasteiger partial charge in [-0.15, -0.1) is 11.3 Å². The maximum atomic E-state index is 12.0. The summed E-state index contributed by atoms with van der Waals surface area (Å²) in [6, 6.07) is 7.83. The summed E-state index contributed by atoms with van der Waals surface area (Å²) in [4.78, 5) is 16.5.